The van der Waals surface area contributed by atoms with Gasteiger partial charge in [-0.25, -0.2) is 0 Å². The minimum Gasteiger partial charge on any atom is -0.302 e. The number of fused-ring (bicyclic) bond motifs is 2. The van der Waals surface area contributed by atoms with Crippen LogP contribution in [-0.4, -0.2) is 34.7 Å². The van der Waals surface area contributed by atoms with E-state index in [1.165, 1.54) is 16.3 Å². The van der Waals surface area contributed by atoms with Crippen LogP contribution in [0.4, 0.5) is 0 Å². The number of H-pyrrole nitrogens is 2. The highest BCUT2D eigenvalue weighted by atomic mass is 16.1. The molecule has 0 saturated carbocycles. The van der Waals surface area contributed by atoms with Crippen LogP contribution in [0.25, 0.3) is 10.8 Å². The lowest BCUT2D eigenvalue weighted by Gasteiger charge is -2.20. The molecule has 2 N–H and O–H groups in total. The van der Waals surface area contributed by atoms with Gasteiger partial charge in [-0.3, -0.25) is 9.89 Å². The number of nitrogens with one attached hydrogen (secondary N) is 2. The summed E-state index contributed by atoms with van der Waals surface area (Å²) in [5, 5.41) is 8.38. The Kier molecular flexibility index (Phi) is 3.75. The van der Waals surface area contributed by atoms with E-state index in [1.807, 2.05) is 0 Å². The molecule has 4 heteroatoms. The lowest BCUT2D eigenvalue weighted by molar-refractivity contribution is 0.290. The third kappa shape index (κ3) is 2.82. The first kappa shape index (κ1) is 14.3. The Balaban J connectivity index is 1.46. The number of aromatic nitrogens is 2. The molecule has 1 aromatic heterocycles. The summed E-state index contributed by atoms with van der Waals surface area (Å²) in [5.74, 6) is 0. The molecule has 0 saturated heterocycles. The molecule has 1 aliphatic heterocycles. The Morgan fingerprint density at radius 1 is 0.957 bits per heavy atom. The van der Waals surface area contributed by atoms with E-state index in [4.69, 9.17) is 0 Å². The predicted molar refractivity (Wildman–Crippen MR) is 92.9 cm³/mol. The van der Waals surface area contributed by atoms with Crippen LogP contribution in [-0.2, 0) is 19.3 Å². The standard InChI is InChI=1S/C19H21N3O/c23-19-17-9-12-22(13-10-18(17)20-21-19)11-8-15-6-3-5-14-4-1-2-7-16(14)15/h1-7H,8-13H2,(H2,20,21,23). The fraction of sp³-hybridized carbons (Fsp3) is 0.316. The van der Waals surface area contributed by atoms with Crippen molar-refractivity contribution in [3.05, 3.63) is 69.6 Å². The molecule has 3 aromatic rings. The Morgan fingerprint density at radius 2 is 1.78 bits per heavy atom. The van der Waals surface area contributed by atoms with Gasteiger partial charge in [-0.15, -0.1) is 0 Å². The summed E-state index contributed by atoms with van der Waals surface area (Å²) < 4.78 is 0. The van der Waals surface area contributed by atoms with Crippen molar-refractivity contribution in [1.29, 1.82) is 0 Å². The van der Waals surface area contributed by atoms with Gasteiger partial charge in [0.05, 0.1) is 0 Å². The second-order valence-corrected chi connectivity index (χ2v) is 6.27. The van der Waals surface area contributed by atoms with Gasteiger partial charge in [0.15, 0.2) is 0 Å². The molecule has 0 bridgehead atoms. The Labute approximate surface area is 135 Å². The largest absolute Gasteiger partial charge is 0.302 e. The van der Waals surface area contributed by atoms with Crippen LogP contribution < -0.4 is 5.56 Å². The molecular weight excluding hydrogens is 286 g/mol. The van der Waals surface area contributed by atoms with Crippen molar-refractivity contribution in [3.63, 3.8) is 0 Å². The van der Waals surface area contributed by atoms with E-state index in [-0.39, 0.29) is 5.56 Å². The number of hydrogen-bond acceptors (Lipinski definition) is 2. The molecule has 2 aromatic carbocycles. The van der Waals surface area contributed by atoms with E-state index < -0.39 is 0 Å². The average molecular weight is 307 g/mol. The van der Waals surface area contributed by atoms with E-state index in [9.17, 15) is 4.79 Å². The number of hydrogen-bond donors (Lipinski definition) is 2. The molecule has 0 unspecified atom stereocenters. The van der Waals surface area contributed by atoms with Crippen LogP contribution in [0.5, 0.6) is 0 Å². The Hall–Kier alpha value is -2.33. The topological polar surface area (TPSA) is 51.9 Å². The smallest absolute Gasteiger partial charge is 0.267 e. The maximum absolute atomic E-state index is 11.7. The summed E-state index contributed by atoms with van der Waals surface area (Å²) in [4.78, 5) is 14.2. The zero-order chi connectivity index (χ0) is 15.6. The molecule has 4 rings (SSSR count). The van der Waals surface area contributed by atoms with Crippen molar-refractivity contribution < 1.29 is 0 Å². The average Bonchev–Trinajstić information content (AvgIpc) is 2.81. The van der Waals surface area contributed by atoms with Crippen molar-refractivity contribution in [2.45, 2.75) is 19.3 Å². The zero-order valence-corrected chi connectivity index (χ0v) is 13.1. The fourth-order valence-electron chi connectivity index (χ4n) is 3.56. The molecule has 2 heterocycles. The van der Waals surface area contributed by atoms with E-state index in [1.54, 1.807) is 0 Å². The molecule has 0 aliphatic carbocycles. The third-order valence-corrected chi connectivity index (χ3v) is 4.90. The molecule has 4 nitrogen and oxygen atoms in total. The van der Waals surface area contributed by atoms with E-state index in [0.717, 1.165) is 50.2 Å². The minimum atomic E-state index is 0.0518. The maximum atomic E-state index is 11.7. The Bertz CT molecular complexity index is 872. The van der Waals surface area contributed by atoms with Gasteiger partial charge in [0.25, 0.3) is 5.56 Å². The van der Waals surface area contributed by atoms with Gasteiger partial charge in [-0.05, 0) is 29.2 Å². The fourth-order valence-corrected chi connectivity index (χ4v) is 3.56. The van der Waals surface area contributed by atoms with Crippen molar-refractivity contribution in [2.75, 3.05) is 19.6 Å². The van der Waals surface area contributed by atoms with Crippen LogP contribution in [0.2, 0.25) is 0 Å². The van der Waals surface area contributed by atoms with Gasteiger partial charge < -0.3 is 10.00 Å². The molecule has 0 atom stereocenters. The first-order chi connectivity index (χ1) is 11.3. The molecule has 23 heavy (non-hydrogen) atoms. The van der Waals surface area contributed by atoms with E-state index >= 15 is 0 Å². The van der Waals surface area contributed by atoms with Crippen LogP contribution >= 0.6 is 0 Å². The van der Waals surface area contributed by atoms with E-state index in [0.29, 0.717) is 0 Å². The molecule has 0 amide bonds. The first-order valence-corrected chi connectivity index (χ1v) is 8.28. The molecule has 0 radical (unpaired) electrons. The SMILES string of the molecule is O=c1[nH][nH]c2c1CCN(CCc1cccc3ccccc13)CC2. The predicted octanol–water partition coefficient (Wildman–Crippen LogP) is 2.50. The van der Waals surface area contributed by atoms with Crippen molar-refractivity contribution >= 4 is 10.8 Å². The normalized spacial score (nSPS) is 15.5. The first-order valence-electron chi connectivity index (χ1n) is 8.28. The highest BCUT2D eigenvalue weighted by Crippen LogP contribution is 2.19. The van der Waals surface area contributed by atoms with Gasteiger partial charge in [0.2, 0.25) is 0 Å². The maximum Gasteiger partial charge on any atom is 0.267 e. The summed E-state index contributed by atoms with van der Waals surface area (Å²) in [6.07, 6.45) is 2.80. The number of aromatic amines is 2. The monoisotopic (exact) mass is 307 g/mol. The molecule has 0 spiro atoms. The van der Waals surface area contributed by atoms with Crippen LogP contribution in [0, 0.1) is 0 Å². The number of rotatable bonds is 3. The van der Waals surface area contributed by atoms with Gasteiger partial charge in [0, 0.05) is 37.3 Å². The number of nitrogens with zero attached hydrogens (tertiary/aromatic N) is 1. The van der Waals surface area contributed by atoms with Crippen molar-refractivity contribution in [3.8, 4) is 0 Å². The summed E-state index contributed by atoms with van der Waals surface area (Å²) >= 11 is 0. The molecule has 1 aliphatic rings. The zero-order valence-electron chi connectivity index (χ0n) is 13.1. The van der Waals surface area contributed by atoms with Gasteiger partial charge in [0.1, 0.15) is 0 Å². The van der Waals surface area contributed by atoms with Crippen LogP contribution in [0.3, 0.4) is 0 Å². The van der Waals surface area contributed by atoms with Crippen molar-refractivity contribution in [2.24, 2.45) is 0 Å². The lowest BCUT2D eigenvalue weighted by Crippen LogP contribution is -2.29. The highest BCUT2D eigenvalue weighted by Gasteiger charge is 2.17. The second-order valence-electron chi connectivity index (χ2n) is 6.27. The van der Waals surface area contributed by atoms with Gasteiger partial charge in [-0.1, -0.05) is 42.5 Å². The summed E-state index contributed by atoms with van der Waals surface area (Å²) in [6.45, 7) is 3.00. The third-order valence-electron chi connectivity index (χ3n) is 4.90. The summed E-state index contributed by atoms with van der Waals surface area (Å²) in [7, 11) is 0. The van der Waals surface area contributed by atoms with Gasteiger partial charge >= 0.3 is 0 Å². The molecular formula is C19H21N3O. The van der Waals surface area contributed by atoms with E-state index in [2.05, 4.69) is 57.6 Å². The van der Waals surface area contributed by atoms with Crippen molar-refractivity contribution in [1.82, 2.24) is 15.1 Å². The highest BCUT2D eigenvalue weighted by molar-refractivity contribution is 5.85. The van der Waals surface area contributed by atoms with Gasteiger partial charge in [-0.2, -0.15) is 0 Å². The van der Waals surface area contributed by atoms with Crippen LogP contribution in [0.15, 0.2) is 47.3 Å². The molecule has 118 valence electrons. The number of benzene rings is 2. The van der Waals surface area contributed by atoms with Crippen LogP contribution in [0.1, 0.15) is 16.8 Å². The minimum absolute atomic E-state index is 0.0518. The summed E-state index contributed by atoms with van der Waals surface area (Å²) in [6, 6.07) is 15.1. The Morgan fingerprint density at radius 3 is 2.74 bits per heavy atom. The second kappa shape index (κ2) is 6.05. The molecule has 0 fully saturated rings. The quantitative estimate of drug-likeness (QED) is 0.781. The summed E-state index contributed by atoms with van der Waals surface area (Å²) in [5.41, 5.74) is 3.49. The lowest BCUT2D eigenvalue weighted by atomic mass is 10.0.